The van der Waals surface area contributed by atoms with Crippen LogP contribution in [0.5, 0.6) is 0 Å². The molecule has 2 aliphatic heterocycles. The highest BCUT2D eigenvalue weighted by molar-refractivity contribution is 5.73. The van der Waals surface area contributed by atoms with Crippen LogP contribution in [0, 0.1) is 11.7 Å². The molecule has 1 aromatic carbocycles. The third kappa shape index (κ3) is 4.59. The summed E-state index contributed by atoms with van der Waals surface area (Å²) >= 11 is 0. The first-order valence-electron chi connectivity index (χ1n) is 9.33. The quantitative estimate of drug-likeness (QED) is 0.839. The molecule has 2 heterocycles. The van der Waals surface area contributed by atoms with Crippen molar-refractivity contribution in [1.82, 2.24) is 9.80 Å². The van der Waals surface area contributed by atoms with Crippen molar-refractivity contribution in [2.75, 3.05) is 33.3 Å². The molecule has 0 spiro atoms. The molecular weight excluding hydrogens is 319 g/mol. The van der Waals surface area contributed by atoms with Gasteiger partial charge in [0.1, 0.15) is 5.82 Å². The molecule has 4 nitrogen and oxygen atoms in total. The van der Waals surface area contributed by atoms with Crippen LogP contribution >= 0.6 is 0 Å². The zero-order valence-corrected chi connectivity index (χ0v) is 15.3. The zero-order chi connectivity index (χ0) is 17.8. The maximum Gasteiger partial charge on any atom is 0.219 e. The van der Waals surface area contributed by atoms with Gasteiger partial charge in [0.05, 0.1) is 6.10 Å². The Bertz CT molecular complexity index is 587. The molecular formula is C20H29FN2O2. The number of hydrogen-bond acceptors (Lipinski definition) is 3. The van der Waals surface area contributed by atoms with Gasteiger partial charge in [-0.2, -0.15) is 0 Å². The number of rotatable bonds is 4. The molecule has 0 aliphatic carbocycles. The third-order valence-corrected chi connectivity index (χ3v) is 5.84. The number of likely N-dealkylation sites (tertiary alicyclic amines) is 2. The fourth-order valence-electron chi connectivity index (χ4n) is 4.33. The Morgan fingerprint density at radius 2 is 2.00 bits per heavy atom. The van der Waals surface area contributed by atoms with E-state index in [9.17, 15) is 9.18 Å². The molecule has 0 unspecified atom stereocenters. The number of carbonyl (C=O) groups excluding carboxylic acids is 1. The van der Waals surface area contributed by atoms with Crippen molar-refractivity contribution in [1.29, 1.82) is 0 Å². The molecule has 138 valence electrons. The Labute approximate surface area is 149 Å². The normalized spacial score (nSPS) is 26.0. The summed E-state index contributed by atoms with van der Waals surface area (Å²) in [4.78, 5) is 16.0. The van der Waals surface area contributed by atoms with E-state index in [4.69, 9.17) is 4.74 Å². The number of ether oxygens (including phenoxy) is 1. The monoisotopic (exact) mass is 348 g/mol. The van der Waals surface area contributed by atoms with Gasteiger partial charge >= 0.3 is 0 Å². The molecule has 2 aliphatic rings. The highest BCUT2D eigenvalue weighted by atomic mass is 19.1. The maximum atomic E-state index is 13.4. The lowest BCUT2D eigenvalue weighted by Gasteiger charge is -2.44. The summed E-state index contributed by atoms with van der Waals surface area (Å²) < 4.78 is 19.2. The summed E-state index contributed by atoms with van der Waals surface area (Å²) in [6, 6.07) is 7.46. The van der Waals surface area contributed by atoms with Crippen molar-refractivity contribution >= 4 is 5.91 Å². The average Bonchev–Trinajstić information content (AvgIpc) is 2.62. The average molecular weight is 348 g/mol. The molecule has 1 aromatic rings. The largest absolute Gasteiger partial charge is 0.380 e. The van der Waals surface area contributed by atoms with Crippen molar-refractivity contribution in [3.8, 4) is 0 Å². The number of hydrogen-bond donors (Lipinski definition) is 0. The first-order valence-corrected chi connectivity index (χ1v) is 9.33. The van der Waals surface area contributed by atoms with Gasteiger partial charge in [0.2, 0.25) is 5.91 Å². The van der Waals surface area contributed by atoms with Gasteiger partial charge in [0, 0.05) is 39.7 Å². The molecule has 2 saturated heterocycles. The zero-order valence-electron chi connectivity index (χ0n) is 15.3. The second kappa shape index (κ2) is 8.28. The SMILES string of the molecule is CO[C@@H]1CN(C2CCN(C(C)=O)CC2)CC[C@@H]1Cc1cccc(F)c1. The first kappa shape index (κ1) is 18.3. The minimum absolute atomic E-state index is 0.166. The number of methoxy groups -OCH3 is 1. The van der Waals surface area contributed by atoms with Crippen molar-refractivity contribution < 1.29 is 13.9 Å². The predicted molar refractivity (Wildman–Crippen MR) is 95.9 cm³/mol. The van der Waals surface area contributed by atoms with E-state index in [1.165, 1.54) is 6.07 Å². The van der Waals surface area contributed by atoms with Crippen molar-refractivity contribution in [2.24, 2.45) is 5.92 Å². The molecule has 5 heteroatoms. The maximum absolute atomic E-state index is 13.4. The van der Waals surface area contributed by atoms with E-state index in [2.05, 4.69) is 4.90 Å². The van der Waals surface area contributed by atoms with Gasteiger partial charge in [-0.1, -0.05) is 12.1 Å². The first-order chi connectivity index (χ1) is 12.1. The van der Waals surface area contributed by atoms with Crippen LogP contribution in [-0.2, 0) is 16.0 Å². The number of nitrogens with zero attached hydrogens (tertiary/aromatic N) is 2. The summed E-state index contributed by atoms with van der Waals surface area (Å²) in [5, 5.41) is 0. The molecule has 0 saturated carbocycles. The van der Waals surface area contributed by atoms with Gasteiger partial charge in [0.15, 0.2) is 0 Å². The van der Waals surface area contributed by atoms with Gasteiger partial charge in [-0.15, -0.1) is 0 Å². The number of carbonyl (C=O) groups is 1. The summed E-state index contributed by atoms with van der Waals surface area (Å²) in [6.45, 7) is 5.37. The lowest BCUT2D eigenvalue weighted by atomic mass is 9.86. The van der Waals surface area contributed by atoms with Gasteiger partial charge < -0.3 is 9.64 Å². The van der Waals surface area contributed by atoms with Gasteiger partial charge in [-0.05, 0) is 55.8 Å². The summed E-state index contributed by atoms with van der Waals surface area (Å²) in [6.07, 6.45) is 4.21. The Balaban J connectivity index is 1.55. The van der Waals surface area contributed by atoms with Crippen molar-refractivity contribution in [3.63, 3.8) is 0 Å². The summed E-state index contributed by atoms with van der Waals surface area (Å²) in [5.41, 5.74) is 1.05. The minimum Gasteiger partial charge on any atom is -0.380 e. The predicted octanol–water partition coefficient (Wildman–Crippen LogP) is 2.72. The second-order valence-corrected chi connectivity index (χ2v) is 7.39. The van der Waals surface area contributed by atoms with E-state index in [0.717, 1.165) is 57.4 Å². The number of halogens is 1. The molecule has 1 amide bonds. The Morgan fingerprint density at radius 3 is 2.64 bits per heavy atom. The van der Waals surface area contributed by atoms with Crippen molar-refractivity contribution in [3.05, 3.63) is 35.6 Å². The fourth-order valence-corrected chi connectivity index (χ4v) is 4.33. The Morgan fingerprint density at radius 1 is 1.24 bits per heavy atom. The number of piperidine rings is 2. The molecule has 2 atom stereocenters. The molecule has 3 rings (SSSR count). The fraction of sp³-hybridized carbons (Fsp3) is 0.650. The molecule has 0 radical (unpaired) electrons. The standard InChI is InChI=1S/C20H29FN2O2/c1-15(24)22-10-7-19(8-11-22)23-9-6-17(20(14-23)25-2)12-16-4-3-5-18(21)13-16/h3-5,13,17,19-20H,6-12,14H2,1-2H3/t17-,20-/m1/s1. The van der Waals surface area contributed by atoms with Crippen LogP contribution in [0.4, 0.5) is 4.39 Å². The van der Waals surface area contributed by atoms with Crippen LogP contribution in [0.25, 0.3) is 0 Å². The lowest BCUT2D eigenvalue weighted by molar-refractivity contribution is -0.130. The van der Waals surface area contributed by atoms with E-state index < -0.39 is 0 Å². The highest BCUT2D eigenvalue weighted by Gasteiger charge is 2.34. The van der Waals surface area contributed by atoms with E-state index in [1.54, 1.807) is 26.2 Å². The minimum atomic E-state index is -0.166. The van der Waals surface area contributed by atoms with Crippen LogP contribution in [0.3, 0.4) is 0 Å². The highest BCUT2D eigenvalue weighted by Crippen LogP contribution is 2.28. The van der Waals surface area contributed by atoms with Crippen LogP contribution in [0.2, 0.25) is 0 Å². The number of amides is 1. The molecule has 25 heavy (non-hydrogen) atoms. The van der Waals surface area contributed by atoms with E-state index in [1.807, 2.05) is 11.0 Å². The van der Waals surface area contributed by atoms with Crippen LogP contribution in [0.15, 0.2) is 24.3 Å². The van der Waals surface area contributed by atoms with Crippen LogP contribution in [-0.4, -0.2) is 61.1 Å². The van der Waals surface area contributed by atoms with Gasteiger partial charge in [0.25, 0.3) is 0 Å². The molecule has 2 fully saturated rings. The molecule has 0 N–H and O–H groups in total. The summed E-state index contributed by atoms with van der Waals surface area (Å²) in [7, 11) is 1.78. The Kier molecular flexibility index (Phi) is 6.07. The summed E-state index contributed by atoms with van der Waals surface area (Å²) in [5.74, 6) is 0.448. The van der Waals surface area contributed by atoms with E-state index >= 15 is 0 Å². The molecule has 0 aromatic heterocycles. The van der Waals surface area contributed by atoms with Gasteiger partial charge in [-0.3, -0.25) is 9.69 Å². The van der Waals surface area contributed by atoms with Crippen LogP contribution in [0.1, 0.15) is 31.7 Å². The number of benzene rings is 1. The smallest absolute Gasteiger partial charge is 0.219 e. The van der Waals surface area contributed by atoms with Crippen LogP contribution < -0.4 is 0 Å². The molecule has 0 bridgehead atoms. The van der Waals surface area contributed by atoms with E-state index in [-0.39, 0.29) is 17.8 Å². The van der Waals surface area contributed by atoms with Crippen molar-refractivity contribution in [2.45, 2.75) is 44.8 Å². The third-order valence-electron chi connectivity index (χ3n) is 5.84. The topological polar surface area (TPSA) is 32.8 Å². The van der Waals surface area contributed by atoms with E-state index in [0.29, 0.717) is 12.0 Å². The lowest BCUT2D eigenvalue weighted by Crippen LogP contribution is -2.53. The second-order valence-electron chi connectivity index (χ2n) is 7.39. The van der Waals surface area contributed by atoms with Gasteiger partial charge in [-0.25, -0.2) is 4.39 Å². The Hall–Kier alpha value is -1.46.